The highest BCUT2D eigenvalue weighted by Crippen LogP contribution is 2.27. The fourth-order valence-electron chi connectivity index (χ4n) is 2.57. The summed E-state index contributed by atoms with van der Waals surface area (Å²) in [5.74, 6) is 0.530. The van der Waals surface area contributed by atoms with Crippen molar-refractivity contribution in [1.29, 1.82) is 0 Å². The van der Waals surface area contributed by atoms with Crippen molar-refractivity contribution in [2.24, 2.45) is 0 Å². The lowest BCUT2D eigenvalue weighted by molar-refractivity contribution is 0.103. The second-order valence-electron chi connectivity index (χ2n) is 5.17. The topological polar surface area (TPSA) is 26.3 Å². The fraction of sp³-hybridized carbons (Fsp3) is 0.235. The highest BCUT2D eigenvalue weighted by molar-refractivity contribution is 6.09. The molecule has 0 N–H and O–H groups in total. The van der Waals surface area contributed by atoms with Crippen molar-refractivity contribution in [3.63, 3.8) is 0 Å². The van der Waals surface area contributed by atoms with Crippen LogP contribution in [0, 0.1) is 19.7 Å². The molecule has 3 heteroatoms. The van der Waals surface area contributed by atoms with Crippen LogP contribution >= 0.6 is 0 Å². The van der Waals surface area contributed by atoms with Crippen molar-refractivity contribution in [3.8, 4) is 5.75 Å². The molecule has 1 heterocycles. The van der Waals surface area contributed by atoms with E-state index in [4.69, 9.17) is 4.74 Å². The predicted molar refractivity (Wildman–Crippen MR) is 74.9 cm³/mol. The maximum absolute atomic E-state index is 13.6. The second-order valence-corrected chi connectivity index (χ2v) is 5.17. The number of halogens is 1. The van der Waals surface area contributed by atoms with Crippen LogP contribution in [0.2, 0.25) is 0 Å². The summed E-state index contributed by atoms with van der Waals surface area (Å²) in [7, 11) is 0. The number of aryl methyl sites for hydroxylation is 2. The largest absolute Gasteiger partial charge is 0.493 e. The van der Waals surface area contributed by atoms with E-state index in [2.05, 4.69) is 0 Å². The number of fused-ring (bicyclic) bond motifs is 1. The van der Waals surface area contributed by atoms with Gasteiger partial charge in [0.2, 0.25) is 0 Å². The van der Waals surface area contributed by atoms with Crippen molar-refractivity contribution in [2.45, 2.75) is 20.3 Å². The van der Waals surface area contributed by atoms with Gasteiger partial charge in [0.1, 0.15) is 11.6 Å². The Morgan fingerprint density at radius 1 is 1.10 bits per heavy atom. The van der Waals surface area contributed by atoms with Crippen LogP contribution in [-0.2, 0) is 6.42 Å². The highest BCUT2D eigenvalue weighted by Gasteiger charge is 2.17. The number of carbonyl (C=O) groups is 1. The van der Waals surface area contributed by atoms with E-state index in [0.29, 0.717) is 28.9 Å². The third-order valence-corrected chi connectivity index (χ3v) is 3.65. The third kappa shape index (κ3) is 2.09. The fourth-order valence-corrected chi connectivity index (χ4v) is 2.57. The van der Waals surface area contributed by atoms with Gasteiger partial charge in [-0.1, -0.05) is 0 Å². The van der Waals surface area contributed by atoms with Crippen LogP contribution in [0.3, 0.4) is 0 Å². The van der Waals surface area contributed by atoms with Crippen LogP contribution in [0.1, 0.15) is 32.6 Å². The molecule has 2 nitrogen and oxygen atoms in total. The van der Waals surface area contributed by atoms with Gasteiger partial charge in [0.25, 0.3) is 0 Å². The molecule has 3 rings (SSSR count). The van der Waals surface area contributed by atoms with Gasteiger partial charge in [-0.25, -0.2) is 4.39 Å². The van der Waals surface area contributed by atoms with Gasteiger partial charge in [0.05, 0.1) is 6.61 Å². The van der Waals surface area contributed by atoms with Gasteiger partial charge in [-0.15, -0.1) is 0 Å². The number of carbonyl (C=O) groups excluding carboxylic acids is 1. The van der Waals surface area contributed by atoms with Crippen LogP contribution in [-0.4, -0.2) is 12.4 Å². The van der Waals surface area contributed by atoms with E-state index < -0.39 is 0 Å². The molecule has 1 aliphatic rings. The van der Waals surface area contributed by atoms with Crippen molar-refractivity contribution in [2.75, 3.05) is 6.61 Å². The lowest BCUT2D eigenvalue weighted by atomic mass is 9.97. The van der Waals surface area contributed by atoms with E-state index in [1.807, 2.05) is 12.1 Å². The zero-order valence-electron chi connectivity index (χ0n) is 11.5. The van der Waals surface area contributed by atoms with E-state index >= 15 is 0 Å². The Morgan fingerprint density at radius 3 is 2.50 bits per heavy atom. The molecule has 0 bridgehead atoms. The molecule has 0 spiro atoms. The van der Waals surface area contributed by atoms with Gasteiger partial charge in [-0.05, 0) is 60.9 Å². The number of hydrogen-bond acceptors (Lipinski definition) is 2. The average molecular weight is 270 g/mol. The Kier molecular flexibility index (Phi) is 3.05. The third-order valence-electron chi connectivity index (χ3n) is 3.65. The Morgan fingerprint density at radius 2 is 1.80 bits per heavy atom. The van der Waals surface area contributed by atoms with Gasteiger partial charge < -0.3 is 4.74 Å². The quantitative estimate of drug-likeness (QED) is 0.779. The molecule has 0 fully saturated rings. The van der Waals surface area contributed by atoms with Crippen LogP contribution in [0.15, 0.2) is 30.3 Å². The average Bonchev–Trinajstić information content (AvgIpc) is 2.90. The molecule has 0 unspecified atom stereocenters. The number of hydrogen-bond donors (Lipinski definition) is 0. The second kappa shape index (κ2) is 4.75. The minimum Gasteiger partial charge on any atom is -0.493 e. The zero-order chi connectivity index (χ0) is 14.3. The first-order valence-electron chi connectivity index (χ1n) is 6.63. The van der Waals surface area contributed by atoms with Gasteiger partial charge in [-0.2, -0.15) is 0 Å². The van der Waals surface area contributed by atoms with E-state index in [9.17, 15) is 9.18 Å². The van der Waals surface area contributed by atoms with Crippen LogP contribution in [0.25, 0.3) is 0 Å². The van der Waals surface area contributed by atoms with Gasteiger partial charge in [0, 0.05) is 17.5 Å². The molecule has 0 amide bonds. The summed E-state index contributed by atoms with van der Waals surface area (Å²) in [6.07, 6.45) is 0.831. The standard InChI is InChI=1S/C17H15FO2/c1-10-7-14(8-11(2)16(10)18)17(19)13-3-4-15-12(9-13)5-6-20-15/h3-4,7-9H,5-6H2,1-2H3. The van der Waals surface area contributed by atoms with Gasteiger partial charge in [-0.3, -0.25) is 4.79 Å². The van der Waals surface area contributed by atoms with E-state index in [0.717, 1.165) is 17.7 Å². The van der Waals surface area contributed by atoms with Crippen molar-refractivity contribution < 1.29 is 13.9 Å². The molecule has 0 aliphatic carbocycles. The molecule has 0 saturated heterocycles. The molecule has 0 atom stereocenters. The number of ether oxygens (including phenoxy) is 1. The number of rotatable bonds is 2. The molecule has 2 aromatic carbocycles. The summed E-state index contributed by atoms with van der Waals surface area (Å²) in [6, 6.07) is 8.68. The molecule has 102 valence electrons. The Labute approximate surface area is 117 Å². The van der Waals surface area contributed by atoms with Gasteiger partial charge >= 0.3 is 0 Å². The summed E-state index contributed by atoms with van der Waals surface area (Å²) in [6.45, 7) is 4.02. The first kappa shape index (κ1) is 12.9. The van der Waals surface area contributed by atoms with E-state index in [1.54, 1.807) is 32.0 Å². The minimum absolute atomic E-state index is 0.0779. The maximum Gasteiger partial charge on any atom is 0.193 e. The van der Waals surface area contributed by atoms with Crippen molar-refractivity contribution in [3.05, 3.63) is 64.0 Å². The van der Waals surface area contributed by atoms with Crippen molar-refractivity contribution in [1.82, 2.24) is 0 Å². The normalized spacial score (nSPS) is 12.9. The zero-order valence-corrected chi connectivity index (χ0v) is 11.5. The summed E-state index contributed by atoms with van der Waals surface area (Å²) < 4.78 is 19.1. The molecule has 0 radical (unpaired) electrons. The molecule has 20 heavy (non-hydrogen) atoms. The molecular formula is C17H15FO2. The molecule has 0 saturated carbocycles. The van der Waals surface area contributed by atoms with Crippen molar-refractivity contribution >= 4 is 5.78 Å². The lowest BCUT2D eigenvalue weighted by Crippen LogP contribution is -2.04. The van der Waals surface area contributed by atoms with Crippen LogP contribution in [0.5, 0.6) is 5.75 Å². The minimum atomic E-state index is -0.246. The first-order chi connectivity index (χ1) is 9.56. The molecule has 0 aromatic heterocycles. The smallest absolute Gasteiger partial charge is 0.193 e. The van der Waals surface area contributed by atoms with Gasteiger partial charge in [0.15, 0.2) is 5.78 Å². The predicted octanol–water partition coefficient (Wildman–Crippen LogP) is 3.61. The Balaban J connectivity index is 2.00. The monoisotopic (exact) mass is 270 g/mol. The highest BCUT2D eigenvalue weighted by atomic mass is 19.1. The SMILES string of the molecule is Cc1cc(C(=O)c2ccc3c(c2)CCO3)cc(C)c1F. The molecular weight excluding hydrogens is 255 g/mol. The summed E-state index contributed by atoms with van der Waals surface area (Å²) >= 11 is 0. The van der Waals surface area contributed by atoms with E-state index in [-0.39, 0.29) is 11.6 Å². The first-order valence-corrected chi connectivity index (χ1v) is 6.63. The molecule has 2 aromatic rings. The number of ketones is 1. The summed E-state index contributed by atoms with van der Waals surface area (Å²) in [5.41, 5.74) is 3.21. The number of benzene rings is 2. The van der Waals surface area contributed by atoms with E-state index in [1.165, 1.54) is 0 Å². The molecule has 1 aliphatic heterocycles. The van der Waals surface area contributed by atoms with Crippen LogP contribution in [0.4, 0.5) is 4.39 Å². The Hall–Kier alpha value is -2.16. The lowest BCUT2D eigenvalue weighted by Gasteiger charge is -2.07. The maximum atomic E-state index is 13.6. The Bertz CT molecular complexity index is 681. The summed E-state index contributed by atoms with van der Waals surface area (Å²) in [5, 5.41) is 0. The summed E-state index contributed by atoms with van der Waals surface area (Å²) in [4.78, 5) is 12.5. The van der Waals surface area contributed by atoms with Crippen LogP contribution < -0.4 is 4.74 Å².